The third-order valence-electron chi connectivity index (χ3n) is 2.89. The largest absolute Gasteiger partial charge is 0.504 e. The Morgan fingerprint density at radius 3 is 1.80 bits per heavy atom. The highest BCUT2D eigenvalue weighted by Gasteiger charge is 2.40. The van der Waals surface area contributed by atoms with E-state index in [2.05, 4.69) is 0 Å². The van der Waals surface area contributed by atoms with Crippen molar-refractivity contribution in [3.63, 3.8) is 0 Å². The van der Waals surface area contributed by atoms with Crippen molar-refractivity contribution in [3.8, 4) is 11.5 Å². The molecule has 25 heavy (non-hydrogen) atoms. The second-order valence-electron chi connectivity index (χ2n) is 4.98. The maximum Gasteiger partial charge on any atom is 0.336 e. The van der Waals surface area contributed by atoms with Gasteiger partial charge in [-0.1, -0.05) is 6.07 Å². The van der Waals surface area contributed by atoms with E-state index in [-0.39, 0.29) is 18.0 Å². The van der Waals surface area contributed by atoms with Gasteiger partial charge >= 0.3 is 17.9 Å². The summed E-state index contributed by atoms with van der Waals surface area (Å²) in [7, 11) is 0. The molecule has 1 aromatic rings. The van der Waals surface area contributed by atoms with Gasteiger partial charge in [-0.05, 0) is 17.7 Å². The van der Waals surface area contributed by atoms with Crippen LogP contribution in [0.2, 0.25) is 0 Å². The summed E-state index contributed by atoms with van der Waals surface area (Å²) < 4.78 is 0. The normalized spacial score (nSPS) is 11.8. The van der Waals surface area contributed by atoms with Crippen LogP contribution in [0.25, 0.3) is 0 Å². The molecule has 0 bridgehead atoms. The van der Waals surface area contributed by atoms with Gasteiger partial charge < -0.3 is 41.5 Å². The fourth-order valence-corrected chi connectivity index (χ4v) is 1.60. The van der Waals surface area contributed by atoms with E-state index < -0.39 is 42.5 Å². The van der Waals surface area contributed by atoms with E-state index in [4.69, 9.17) is 36.4 Å². The average molecular weight is 361 g/mol. The third-order valence-corrected chi connectivity index (χ3v) is 2.89. The van der Waals surface area contributed by atoms with E-state index in [9.17, 15) is 19.5 Å². The first-order valence-electron chi connectivity index (χ1n) is 6.72. The Morgan fingerprint density at radius 2 is 1.48 bits per heavy atom. The van der Waals surface area contributed by atoms with Gasteiger partial charge in [-0.25, -0.2) is 4.79 Å². The third kappa shape index (κ3) is 7.48. The number of aliphatic carboxylic acids is 3. The summed E-state index contributed by atoms with van der Waals surface area (Å²) in [4.78, 5) is 30.5. The predicted molar refractivity (Wildman–Crippen MR) is 80.9 cm³/mol. The maximum absolute atomic E-state index is 10.3. The van der Waals surface area contributed by atoms with Crippen molar-refractivity contribution >= 4 is 17.9 Å². The number of benzene rings is 1. The van der Waals surface area contributed by atoms with Gasteiger partial charge in [0.15, 0.2) is 17.1 Å². The minimum absolute atomic E-state index is 0.0875. The smallest absolute Gasteiger partial charge is 0.336 e. The molecule has 0 fully saturated rings. The van der Waals surface area contributed by atoms with Crippen molar-refractivity contribution < 1.29 is 50.1 Å². The van der Waals surface area contributed by atoms with Crippen molar-refractivity contribution in [2.24, 2.45) is 5.73 Å². The van der Waals surface area contributed by atoms with Crippen LogP contribution in [-0.2, 0) is 14.4 Å². The number of carbonyl (C=O) groups is 3. The molecule has 0 amide bonds. The van der Waals surface area contributed by atoms with Crippen LogP contribution >= 0.6 is 0 Å². The highest BCUT2D eigenvalue weighted by molar-refractivity contribution is 5.88. The molecule has 0 aromatic heterocycles. The Balaban J connectivity index is 0.000000462. The van der Waals surface area contributed by atoms with Gasteiger partial charge in [0.2, 0.25) is 0 Å². The van der Waals surface area contributed by atoms with Crippen LogP contribution < -0.4 is 5.73 Å². The van der Waals surface area contributed by atoms with Crippen molar-refractivity contribution in [1.29, 1.82) is 0 Å². The van der Waals surface area contributed by atoms with Crippen LogP contribution in [-0.4, -0.2) is 65.8 Å². The molecule has 11 nitrogen and oxygen atoms in total. The molecule has 0 saturated heterocycles. The molecule has 9 N–H and O–H groups in total. The van der Waals surface area contributed by atoms with Gasteiger partial charge in [-0.3, -0.25) is 9.59 Å². The second kappa shape index (κ2) is 9.42. The van der Waals surface area contributed by atoms with Gasteiger partial charge in [0.05, 0.1) is 18.9 Å². The standard InChI is InChI=1S/C8H11NO3.C6H8O7/c9-4-8(12)5-1-2-6(10)7(11)3-5;7-3(8)1-6(13,5(11)12)2-4(9)10/h1-3,8,10-12H,4,9H2;13H,1-2H2,(H,7,8)(H,9,10)(H,11,12). The number of carboxylic acids is 3. The zero-order valence-electron chi connectivity index (χ0n) is 12.9. The molecule has 0 aliphatic heterocycles. The highest BCUT2D eigenvalue weighted by Crippen LogP contribution is 2.27. The molecule has 1 rings (SSSR count). The summed E-state index contributed by atoms with van der Waals surface area (Å²) in [6, 6.07) is 4.10. The number of aromatic hydroxyl groups is 2. The molecular formula is C14H19NO10. The number of hydrogen-bond donors (Lipinski definition) is 8. The molecule has 11 heteroatoms. The number of phenols is 2. The number of rotatable bonds is 7. The molecule has 0 heterocycles. The molecule has 0 aliphatic rings. The Kier molecular flexibility index (Phi) is 8.33. The van der Waals surface area contributed by atoms with Crippen molar-refractivity contribution in [2.45, 2.75) is 24.5 Å². The lowest BCUT2D eigenvalue weighted by atomic mass is 9.96. The van der Waals surface area contributed by atoms with Crippen molar-refractivity contribution in [3.05, 3.63) is 23.8 Å². The molecule has 1 unspecified atom stereocenters. The first kappa shape index (κ1) is 22.1. The van der Waals surface area contributed by atoms with E-state index in [0.717, 1.165) is 0 Å². The predicted octanol–water partition coefficient (Wildman–Crippen LogP) is -1.16. The summed E-state index contributed by atoms with van der Waals surface area (Å²) >= 11 is 0. The monoisotopic (exact) mass is 361 g/mol. The first-order chi connectivity index (χ1) is 11.4. The molecule has 140 valence electrons. The number of aliphatic hydroxyl groups excluding tert-OH is 1. The van der Waals surface area contributed by atoms with Crippen LogP contribution in [0, 0.1) is 0 Å². The fourth-order valence-electron chi connectivity index (χ4n) is 1.60. The number of nitrogens with two attached hydrogens (primary N) is 1. The van der Waals surface area contributed by atoms with Gasteiger partial charge in [-0.15, -0.1) is 0 Å². The minimum Gasteiger partial charge on any atom is -0.504 e. The molecule has 0 radical (unpaired) electrons. The highest BCUT2D eigenvalue weighted by atomic mass is 16.4. The zero-order chi connectivity index (χ0) is 19.8. The lowest BCUT2D eigenvalue weighted by Crippen LogP contribution is -2.42. The fraction of sp³-hybridized carbons (Fsp3) is 0.357. The molecule has 0 aliphatic carbocycles. The number of carboxylic acid groups (broad SMARTS) is 3. The van der Waals surface area contributed by atoms with E-state index in [1.54, 1.807) is 0 Å². The Labute approximate surface area is 141 Å². The maximum atomic E-state index is 10.3. The SMILES string of the molecule is NCC(O)c1ccc(O)c(O)c1.O=C(O)CC(O)(CC(=O)O)C(=O)O. The van der Waals surface area contributed by atoms with Crippen LogP contribution in [0.4, 0.5) is 0 Å². The van der Waals surface area contributed by atoms with E-state index in [1.165, 1.54) is 18.2 Å². The molecular weight excluding hydrogens is 342 g/mol. The first-order valence-corrected chi connectivity index (χ1v) is 6.72. The van der Waals surface area contributed by atoms with Gasteiger partial charge in [-0.2, -0.15) is 0 Å². The van der Waals surface area contributed by atoms with Crippen molar-refractivity contribution in [1.82, 2.24) is 0 Å². The summed E-state index contributed by atoms with van der Waals surface area (Å²) in [6.07, 6.45) is -3.08. The van der Waals surface area contributed by atoms with Crippen LogP contribution in [0.15, 0.2) is 18.2 Å². The molecule has 1 aromatic carbocycles. The lowest BCUT2D eigenvalue weighted by molar-refractivity contribution is -0.170. The summed E-state index contributed by atoms with van der Waals surface area (Å²) in [6.45, 7) is 0.0875. The van der Waals surface area contributed by atoms with E-state index >= 15 is 0 Å². The topological polar surface area (TPSA) is 219 Å². The van der Waals surface area contributed by atoms with Gasteiger partial charge in [0, 0.05) is 6.54 Å². The Morgan fingerprint density at radius 1 is 1.00 bits per heavy atom. The summed E-state index contributed by atoms with van der Waals surface area (Å²) in [5.41, 5.74) is 2.95. The molecule has 0 spiro atoms. The zero-order valence-corrected chi connectivity index (χ0v) is 12.9. The van der Waals surface area contributed by atoms with Gasteiger partial charge in [0.25, 0.3) is 0 Å². The second-order valence-corrected chi connectivity index (χ2v) is 4.98. The molecule has 1 atom stereocenters. The van der Waals surface area contributed by atoms with Crippen LogP contribution in [0.5, 0.6) is 11.5 Å². The summed E-state index contributed by atoms with van der Waals surface area (Å²) in [5, 5.41) is 61.0. The van der Waals surface area contributed by atoms with Crippen LogP contribution in [0.3, 0.4) is 0 Å². The Bertz CT molecular complexity index is 614. The quantitative estimate of drug-likeness (QED) is 0.271. The van der Waals surface area contributed by atoms with E-state index in [1.807, 2.05) is 0 Å². The summed E-state index contributed by atoms with van der Waals surface area (Å²) in [5.74, 6) is -5.47. The lowest BCUT2D eigenvalue weighted by Gasteiger charge is -2.18. The average Bonchev–Trinajstić information content (AvgIpc) is 2.48. The van der Waals surface area contributed by atoms with Crippen LogP contribution in [0.1, 0.15) is 24.5 Å². The number of phenolic OH excluding ortho intramolecular Hbond substituents is 2. The minimum atomic E-state index is -2.74. The van der Waals surface area contributed by atoms with Crippen molar-refractivity contribution in [2.75, 3.05) is 6.54 Å². The molecule has 0 saturated carbocycles. The van der Waals surface area contributed by atoms with E-state index in [0.29, 0.717) is 5.56 Å². The number of aliphatic hydroxyl groups is 2. The Hall–Kier alpha value is -2.89. The number of hydrogen-bond acceptors (Lipinski definition) is 8. The van der Waals surface area contributed by atoms with Gasteiger partial charge in [0.1, 0.15) is 0 Å².